The highest BCUT2D eigenvalue weighted by molar-refractivity contribution is 7.88. The third-order valence-electron chi connectivity index (χ3n) is 4.11. The van der Waals surface area contributed by atoms with Gasteiger partial charge in [-0.25, -0.2) is 8.42 Å². The van der Waals surface area contributed by atoms with Crippen molar-refractivity contribution in [1.82, 2.24) is 9.21 Å². The molecule has 1 saturated heterocycles. The van der Waals surface area contributed by atoms with Crippen LogP contribution in [0.1, 0.15) is 23.2 Å². The molecule has 1 amide bonds. The summed E-state index contributed by atoms with van der Waals surface area (Å²) >= 11 is 0. The first-order chi connectivity index (χ1) is 11.5. The zero-order chi connectivity index (χ0) is 18.8. The molecule has 0 spiro atoms. The van der Waals surface area contributed by atoms with Crippen LogP contribution in [0.4, 0.5) is 18.9 Å². The molecular formula is C15H21ClF3N3O3S. The van der Waals surface area contributed by atoms with Crippen LogP contribution < -0.4 is 5.73 Å². The molecule has 0 radical (unpaired) electrons. The van der Waals surface area contributed by atoms with E-state index in [1.165, 1.54) is 4.90 Å². The van der Waals surface area contributed by atoms with E-state index < -0.39 is 28.8 Å². The molecule has 1 aromatic carbocycles. The molecule has 2 rings (SSSR count). The maximum Gasteiger partial charge on any atom is 0.402 e. The minimum atomic E-state index is -4.62. The topological polar surface area (TPSA) is 83.7 Å². The van der Waals surface area contributed by atoms with Crippen LogP contribution in [0.5, 0.6) is 0 Å². The monoisotopic (exact) mass is 415 g/mol. The number of hydrogen-bond acceptors (Lipinski definition) is 4. The van der Waals surface area contributed by atoms with Gasteiger partial charge in [0.2, 0.25) is 10.0 Å². The van der Waals surface area contributed by atoms with E-state index >= 15 is 0 Å². The van der Waals surface area contributed by atoms with Crippen LogP contribution in [0.25, 0.3) is 0 Å². The number of nitrogens with two attached hydrogens (primary N) is 1. The Bertz CT molecular complexity index is 735. The number of sulfonamides is 1. The smallest absolute Gasteiger partial charge is 0.398 e. The molecule has 2 N–H and O–H groups in total. The van der Waals surface area contributed by atoms with Gasteiger partial charge in [0.05, 0.1) is 11.8 Å². The van der Waals surface area contributed by atoms with Crippen LogP contribution in [0, 0.1) is 0 Å². The van der Waals surface area contributed by atoms with Gasteiger partial charge in [0.1, 0.15) is 6.54 Å². The molecule has 0 atom stereocenters. The standard InChI is InChI=1S/C15H20F3N3O3S.ClH/c1-25(23,24)21(10-15(16,17)18)11-6-8-20(9-7-11)14(22)12-4-2-3-5-13(12)19;/h2-5,11H,6-10,19H2,1H3;1H. The third-order valence-corrected chi connectivity index (χ3v) is 5.39. The number of rotatable bonds is 4. The summed E-state index contributed by atoms with van der Waals surface area (Å²) in [7, 11) is -4.00. The number of carbonyl (C=O) groups excluding carboxylic acids is 1. The number of benzene rings is 1. The van der Waals surface area contributed by atoms with E-state index in [9.17, 15) is 26.4 Å². The fourth-order valence-electron chi connectivity index (χ4n) is 2.91. The molecule has 1 aliphatic heterocycles. The van der Waals surface area contributed by atoms with Gasteiger partial charge in [-0.15, -0.1) is 12.4 Å². The Morgan fingerprint density at radius 1 is 1.27 bits per heavy atom. The van der Waals surface area contributed by atoms with E-state index in [1.54, 1.807) is 24.3 Å². The van der Waals surface area contributed by atoms with Crippen molar-refractivity contribution in [3.8, 4) is 0 Å². The Hall–Kier alpha value is -1.52. The number of nitrogen functional groups attached to an aromatic ring is 1. The van der Waals surface area contributed by atoms with Crippen molar-refractivity contribution in [3.05, 3.63) is 29.8 Å². The molecule has 1 fully saturated rings. The van der Waals surface area contributed by atoms with Crippen molar-refractivity contribution in [2.75, 3.05) is 31.6 Å². The van der Waals surface area contributed by atoms with Crippen LogP contribution in [-0.4, -0.2) is 61.6 Å². The molecule has 1 heterocycles. The highest BCUT2D eigenvalue weighted by Crippen LogP contribution is 2.26. The first-order valence-corrected chi connectivity index (χ1v) is 9.51. The molecule has 11 heteroatoms. The highest BCUT2D eigenvalue weighted by atomic mass is 35.5. The van der Waals surface area contributed by atoms with Gasteiger partial charge in [-0.1, -0.05) is 12.1 Å². The summed E-state index contributed by atoms with van der Waals surface area (Å²) in [6.45, 7) is -1.18. The molecule has 0 unspecified atom stereocenters. The quantitative estimate of drug-likeness (QED) is 0.763. The van der Waals surface area contributed by atoms with Gasteiger partial charge in [-0.2, -0.15) is 17.5 Å². The average Bonchev–Trinajstić information content (AvgIpc) is 2.51. The number of halogens is 4. The second kappa shape index (κ2) is 8.45. The Kier molecular flexibility index (Phi) is 7.32. The van der Waals surface area contributed by atoms with E-state index in [1.807, 2.05) is 0 Å². The van der Waals surface area contributed by atoms with E-state index in [0.29, 0.717) is 15.6 Å². The summed E-state index contributed by atoms with van der Waals surface area (Å²) in [5.74, 6) is -0.307. The van der Waals surface area contributed by atoms with Crippen LogP contribution in [0.15, 0.2) is 24.3 Å². The molecule has 6 nitrogen and oxygen atoms in total. The van der Waals surface area contributed by atoms with Crippen LogP contribution in [-0.2, 0) is 10.0 Å². The second-order valence-electron chi connectivity index (χ2n) is 6.03. The lowest BCUT2D eigenvalue weighted by Gasteiger charge is -2.37. The highest BCUT2D eigenvalue weighted by Gasteiger charge is 2.40. The lowest BCUT2D eigenvalue weighted by atomic mass is 10.0. The number of amides is 1. The summed E-state index contributed by atoms with van der Waals surface area (Å²) in [6, 6.07) is 5.75. The van der Waals surface area contributed by atoms with Crippen molar-refractivity contribution in [2.45, 2.75) is 25.1 Å². The number of alkyl halides is 3. The lowest BCUT2D eigenvalue weighted by Crippen LogP contribution is -2.51. The summed E-state index contributed by atoms with van der Waals surface area (Å²) in [5.41, 5.74) is 6.42. The van der Waals surface area contributed by atoms with Gasteiger partial charge in [0, 0.05) is 24.8 Å². The normalized spacial score (nSPS) is 16.4. The fourth-order valence-corrected chi connectivity index (χ4v) is 4.05. The van der Waals surface area contributed by atoms with Gasteiger partial charge in [0.15, 0.2) is 0 Å². The minimum Gasteiger partial charge on any atom is -0.398 e. The minimum absolute atomic E-state index is 0. The van der Waals surface area contributed by atoms with Gasteiger partial charge in [0.25, 0.3) is 5.91 Å². The van der Waals surface area contributed by atoms with Crippen molar-refractivity contribution in [2.24, 2.45) is 0 Å². The van der Waals surface area contributed by atoms with E-state index in [0.717, 1.165) is 6.26 Å². The molecular weight excluding hydrogens is 395 g/mol. The Morgan fingerprint density at radius 3 is 2.27 bits per heavy atom. The van der Waals surface area contributed by atoms with Crippen LogP contribution >= 0.6 is 12.4 Å². The molecule has 148 valence electrons. The number of piperidine rings is 1. The largest absolute Gasteiger partial charge is 0.402 e. The first kappa shape index (κ1) is 22.5. The number of anilines is 1. The van der Waals surface area contributed by atoms with Crippen LogP contribution in [0.2, 0.25) is 0 Å². The third kappa shape index (κ3) is 5.75. The van der Waals surface area contributed by atoms with E-state index in [2.05, 4.69) is 0 Å². The summed E-state index contributed by atoms with van der Waals surface area (Å²) < 4.78 is 61.9. The number of para-hydroxylation sites is 1. The summed E-state index contributed by atoms with van der Waals surface area (Å²) in [4.78, 5) is 13.9. The van der Waals surface area contributed by atoms with Crippen LogP contribution in [0.3, 0.4) is 0 Å². The zero-order valence-corrected chi connectivity index (χ0v) is 15.7. The zero-order valence-electron chi connectivity index (χ0n) is 14.1. The first-order valence-electron chi connectivity index (χ1n) is 7.66. The maximum absolute atomic E-state index is 12.7. The molecule has 1 aliphatic rings. The molecule has 1 aromatic rings. The van der Waals surface area contributed by atoms with E-state index in [4.69, 9.17) is 5.73 Å². The molecule has 0 bridgehead atoms. The number of carbonyl (C=O) groups is 1. The average molecular weight is 416 g/mol. The summed E-state index contributed by atoms with van der Waals surface area (Å²) in [6.07, 6.45) is -3.57. The van der Waals surface area contributed by atoms with Gasteiger partial charge in [-0.3, -0.25) is 4.79 Å². The Labute approximate surface area is 156 Å². The molecule has 26 heavy (non-hydrogen) atoms. The molecule has 0 saturated carbocycles. The Morgan fingerprint density at radius 2 is 1.81 bits per heavy atom. The Balaban J connectivity index is 0.00000338. The summed E-state index contributed by atoms with van der Waals surface area (Å²) in [5, 5.41) is 0. The number of hydrogen-bond donors (Lipinski definition) is 1. The SMILES string of the molecule is CS(=O)(=O)N(CC(F)(F)F)C1CCN(C(=O)c2ccccc2N)CC1.Cl. The van der Waals surface area contributed by atoms with Gasteiger partial charge >= 0.3 is 6.18 Å². The number of nitrogens with zero attached hydrogens (tertiary/aromatic N) is 2. The predicted molar refractivity (Wildman–Crippen MR) is 94.6 cm³/mol. The van der Waals surface area contributed by atoms with Crippen molar-refractivity contribution in [3.63, 3.8) is 0 Å². The van der Waals surface area contributed by atoms with Crippen molar-refractivity contribution >= 4 is 34.0 Å². The molecule has 0 aliphatic carbocycles. The lowest BCUT2D eigenvalue weighted by molar-refractivity contribution is -0.140. The maximum atomic E-state index is 12.7. The van der Waals surface area contributed by atoms with Crippen molar-refractivity contribution in [1.29, 1.82) is 0 Å². The fraction of sp³-hybridized carbons (Fsp3) is 0.533. The van der Waals surface area contributed by atoms with Crippen molar-refractivity contribution < 1.29 is 26.4 Å². The number of likely N-dealkylation sites (tertiary alicyclic amines) is 1. The molecule has 0 aromatic heterocycles. The predicted octanol–water partition coefficient (Wildman–Crippen LogP) is 2.12. The van der Waals surface area contributed by atoms with Gasteiger partial charge in [-0.05, 0) is 25.0 Å². The second-order valence-corrected chi connectivity index (χ2v) is 7.97. The van der Waals surface area contributed by atoms with E-state index in [-0.39, 0.29) is 44.2 Å². The van der Waals surface area contributed by atoms with Gasteiger partial charge < -0.3 is 10.6 Å².